The highest BCUT2D eigenvalue weighted by Crippen LogP contribution is 2.18. The highest BCUT2D eigenvalue weighted by molar-refractivity contribution is 5.74. The SMILES string of the molecule is Cc1nc(CNC(=O)N[C@H](C)c2ccc(OCC(C)C)cc2)oc1C. The lowest BCUT2D eigenvalue weighted by molar-refractivity contribution is 0.236. The molecule has 1 aromatic heterocycles. The van der Waals surface area contributed by atoms with Gasteiger partial charge in [0.1, 0.15) is 11.5 Å². The van der Waals surface area contributed by atoms with E-state index in [-0.39, 0.29) is 18.6 Å². The lowest BCUT2D eigenvalue weighted by Crippen LogP contribution is -2.36. The van der Waals surface area contributed by atoms with E-state index in [4.69, 9.17) is 9.15 Å². The molecule has 0 unspecified atom stereocenters. The molecule has 6 heteroatoms. The zero-order chi connectivity index (χ0) is 18.4. The molecule has 1 aromatic carbocycles. The number of hydrogen-bond acceptors (Lipinski definition) is 4. The van der Waals surface area contributed by atoms with Crippen LogP contribution in [0.1, 0.15) is 49.7 Å². The molecule has 25 heavy (non-hydrogen) atoms. The highest BCUT2D eigenvalue weighted by Gasteiger charge is 2.11. The molecule has 0 saturated carbocycles. The van der Waals surface area contributed by atoms with E-state index in [1.54, 1.807) is 0 Å². The molecule has 0 saturated heterocycles. The summed E-state index contributed by atoms with van der Waals surface area (Å²) in [5.41, 5.74) is 1.85. The van der Waals surface area contributed by atoms with Crippen molar-refractivity contribution >= 4 is 6.03 Å². The first-order chi connectivity index (χ1) is 11.8. The van der Waals surface area contributed by atoms with Gasteiger partial charge < -0.3 is 19.8 Å². The minimum absolute atomic E-state index is 0.118. The Morgan fingerprint density at radius 1 is 1.20 bits per heavy atom. The molecule has 0 bridgehead atoms. The molecule has 2 amide bonds. The van der Waals surface area contributed by atoms with Crippen molar-refractivity contribution in [1.29, 1.82) is 0 Å². The highest BCUT2D eigenvalue weighted by atomic mass is 16.5. The minimum Gasteiger partial charge on any atom is -0.493 e. The molecule has 0 aliphatic carbocycles. The summed E-state index contributed by atoms with van der Waals surface area (Å²) in [6.45, 7) is 10.8. The Morgan fingerprint density at radius 2 is 1.88 bits per heavy atom. The predicted molar refractivity (Wildman–Crippen MR) is 96.5 cm³/mol. The average molecular weight is 345 g/mol. The third kappa shape index (κ3) is 5.81. The zero-order valence-corrected chi connectivity index (χ0v) is 15.6. The Balaban J connectivity index is 1.81. The summed E-state index contributed by atoms with van der Waals surface area (Å²) in [5.74, 6) is 2.60. The number of aromatic nitrogens is 1. The van der Waals surface area contributed by atoms with Gasteiger partial charge in [0.15, 0.2) is 0 Å². The molecule has 0 radical (unpaired) electrons. The van der Waals surface area contributed by atoms with Gasteiger partial charge in [0, 0.05) is 0 Å². The second kappa shape index (κ2) is 8.55. The second-order valence-corrected chi connectivity index (χ2v) is 6.57. The largest absolute Gasteiger partial charge is 0.493 e. The monoisotopic (exact) mass is 345 g/mol. The van der Waals surface area contributed by atoms with Crippen LogP contribution in [-0.4, -0.2) is 17.6 Å². The van der Waals surface area contributed by atoms with Crippen LogP contribution in [0.4, 0.5) is 4.79 Å². The topological polar surface area (TPSA) is 76.4 Å². The van der Waals surface area contributed by atoms with Crippen molar-refractivity contribution in [1.82, 2.24) is 15.6 Å². The molecule has 1 heterocycles. The van der Waals surface area contributed by atoms with Crippen LogP contribution in [0.25, 0.3) is 0 Å². The lowest BCUT2D eigenvalue weighted by atomic mass is 10.1. The fourth-order valence-corrected chi connectivity index (χ4v) is 2.22. The molecular formula is C19H27N3O3. The van der Waals surface area contributed by atoms with Crippen molar-refractivity contribution in [2.24, 2.45) is 5.92 Å². The first-order valence-electron chi connectivity index (χ1n) is 8.55. The van der Waals surface area contributed by atoms with Gasteiger partial charge in [-0.15, -0.1) is 0 Å². The van der Waals surface area contributed by atoms with E-state index in [1.807, 2.05) is 45.0 Å². The van der Waals surface area contributed by atoms with Gasteiger partial charge in [-0.2, -0.15) is 0 Å². The van der Waals surface area contributed by atoms with Gasteiger partial charge in [-0.25, -0.2) is 9.78 Å². The van der Waals surface area contributed by atoms with Crippen LogP contribution in [0, 0.1) is 19.8 Å². The lowest BCUT2D eigenvalue weighted by Gasteiger charge is -2.15. The number of benzene rings is 1. The number of ether oxygens (including phenoxy) is 1. The Bertz CT molecular complexity index is 673. The summed E-state index contributed by atoms with van der Waals surface area (Å²) in [6.07, 6.45) is 0. The van der Waals surface area contributed by atoms with Crippen molar-refractivity contribution in [2.75, 3.05) is 6.61 Å². The van der Waals surface area contributed by atoms with E-state index in [1.165, 1.54) is 0 Å². The van der Waals surface area contributed by atoms with Crippen LogP contribution >= 0.6 is 0 Å². The molecule has 6 nitrogen and oxygen atoms in total. The molecule has 2 N–H and O–H groups in total. The van der Waals surface area contributed by atoms with Crippen LogP contribution < -0.4 is 15.4 Å². The number of carbonyl (C=O) groups is 1. The van der Waals surface area contributed by atoms with Crippen molar-refractivity contribution in [3.05, 3.63) is 47.2 Å². The first kappa shape index (κ1) is 18.8. The van der Waals surface area contributed by atoms with E-state index in [0.29, 0.717) is 18.4 Å². The molecule has 0 spiro atoms. The average Bonchev–Trinajstić information content (AvgIpc) is 2.89. The fraction of sp³-hybridized carbons (Fsp3) is 0.474. The Labute approximate surface area is 149 Å². The Morgan fingerprint density at radius 3 is 2.44 bits per heavy atom. The molecular weight excluding hydrogens is 318 g/mol. The smallest absolute Gasteiger partial charge is 0.315 e. The van der Waals surface area contributed by atoms with E-state index in [0.717, 1.165) is 22.8 Å². The van der Waals surface area contributed by atoms with Crippen molar-refractivity contribution < 1.29 is 13.9 Å². The maximum Gasteiger partial charge on any atom is 0.315 e. The number of nitrogens with one attached hydrogen (secondary N) is 2. The number of amides is 2. The van der Waals surface area contributed by atoms with Gasteiger partial charge >= 0.3 is 6.03 Å². The number of aryl methyl sites for hydroxylation is 2. The van der Waals surface area contributed by atoms with Crippen molar-refractivity contribution in [3.8, 4) is 5.75 Å². The number of urea groups is 1. The van der Waals surface area contributed by atoms with Gasteiger partial charge in [-0.3, -0.25) is 0 Å². The summed E-state index contributed by atoms with van der Waals surface area (Å²) < 4.78 is 11.1. The molecule has 0 fully saturated rings. The summed E-state index contributed by atoms with van der Waals surface area (Å²) >= 11 is 0. The zero-order valence-electron chi connectivity index (χ0n) is 15.6. The van der Waals surface area contributed by atoms with Crippen molar-refractivity contribution in [2.45, 2.75) is 47.2 Å². The van der Waals surface area contributed by atoms with E-state index in [2.05, 4.69) is 29.5 Å². The van der Waals surface area contributed by atoms with Gasteiger partial charge in [-0.05, 0) is 44.4 Å². The number of rotatable bonds is 7. The van der Waals surface area contributed by atoms with Crippen LogP contribution in [0.3, 0.4) is 0 Å². The molecule has 0 aliphatic heterocycles. The van der Waals surface area contributed by atoms with Crippen molar-refractivity contribution in [3.63, 3.8) is 0 Å². The minimum atomic E-state index is -0.263. The molecule has 136 valence electrons. The number of oxazole rings is 1. The molecule has 0 aliphatic rings. The Kier molecular flexibility index (Phi) is 6.44. The number of carbonyl (C=O) groups excluding carboxylic acids is 1. The third-order valence-corrected chi connectivity index (χ3v) is 3.78. The summed E-state index contributed by atoms with van der Waals surface area (Å²) in [7, 11) is 0. The maximum absolute atomic E-state index is 12.0. The number of hydrogen-bond donors (Lipinski definition) is 2. The van der Waals surface area contributed by atoms with E-state index >= 15 is 0 Å². The predicted octanol–water partition coefficient (Wildman–Crippen LogP) is 3.89. The Hall–Kier alpha value is -2.50. The third-order valence-electron chi connectivity index (χ3n) is 3.78. The van der Waals surface area contributed by atoms with E-state index in [9.17, 15) is 4.79 Å². The fourth-order valence-electron chi connectivity index (χ4n) is 2.22. The van der Waals surface area contributed by atoms with Gasteiger partial charge in [0.25, 0.3) is 0 Å². The standard InChI is InChI=1S/C19H27N3O3/c1-12(2)11-24-17-8-6-16(7-9-17)14(4)22-19(23)20-10-18-21-13(3)15(5)25-18/h6-9,12,14H,10-11H2,1-5H3,(H2,20,22,23)/t14-/m1/s1. The van der Waals surface area contributed by atoms with Crippen LogP contribution in [0.2, 0.25) is 0 Å². The van der Waals surface area contributed by atoms with Crippen LogP contribution in [0.15, 0.2) is 28.7 Å². The van der Waals surface area contributed by atoms with E-state index < -0.39 is 0 Å². The normalized spacial score (nSPS) is 12.1. The summed E-state index contributed by atoms with van der Waals surface area (Å²) in [4.78, 5) is 16.3. The molecule has 2 rings (SSSR count). The maximum atomic E-state index is 12.0. The number of nitrogens with zero attached hydrogens (tertiary/aromatic N) is 1. The molecule has 1 atom stereocenters. The van der Waals surface area contributed by atoms with Gasteiger partial charge in [-0.1, -0.05) is 26.0 Å². The summed E-state index contributed by atoms with van der Waals surface area (Å²) in [6, 6.07) is 7.38. The van der Waals surface area contributed by atoms with Gasteiger partial charge in [0.2, 0.25) is 5.89 Å². The van der Waals surface area contributed by atoms with Gasteiger partial charge in [0.05, 0.1) is 24.9 Å². The second-order valence-electron chi connectivity index (χ2n) is 6.57. The quantitative estimate of drug-likeness (QED) is 0.798. The van der Waals surface area contributed by atoms with Crippen LogP contribution in [-0.2, 0) is 6.54 Å². The summed E-state index contributed by atoms with van der Waals surface area (Å²) in [5, 5.41) is 5.65. The first-order valence-corrected chi connectivity index (χ1v) is 8.55. The molecule has 2 aromatic rings. The van der Waals surface area contributed by atoms with Crippen LogP contribution in [0.5, 0.6) is 5.75 Å².